The van der Waals surface area contributed by atoms with Crippen molar-refractivity contribution in [1.82, 2.24) is 4.72 Å². The Bertz CT molecular complexity index is 431. The highest BCUT2D eigenvalue weighted by atomic mass is 32.2. The molecule has 0 saturated heterocycles. The van der Waals surface area contributed by atoms with Crippen molar-refractivity contribution in [3.8, 4) is 0 Å². The van der Waals surface area contributed by atoms with Crippen molar-refractivity contribution in [3.05, 3.63) is 30.1 Å². The van der Waals surface area contributed by atoms with Crippen LogP contribution in [0.25, 0.3) is 0 Å². The van der Waals surface area contributed by atoms with Crippen LogP contribution in [0.4, 0.5) is 10.1 Å². The molecule has 0 aliphatic rings. The first-order valence-electron chi connectivity index (χ1n) is 4.45. The smallest absolute Gasteiger partial charge is 0.268 e. The summed E-state index contributed by atoms with van der Waals surface area (Å²) in [5.41, 5.74) is -0.0642. The van der Waals surface area contributed by atoms with Crippen LogP contribution >= 0.6 is 0 Å². The van der Waals surface area contributed by atoms with Crippen LogP contribution in [-0.4, -0.2) is 14.5 Å². The highest BCUT2D eigenvalue weighted by Gasteiger charge is 2.13. The lowest BCUT2D eigenvalue weighted by molar-refractivity contribution is 0.574. The number of hydrogen-bond donors (Lipinski definition) is 2. The molecule has 0 unspecified atom stereocenters. The molecule has 0 aliphatic carbocycles. The third-order valence-corrected chi connectivity index (χ3v) is 2.78. The Hall–Kier alpha value is -1.14. The zero-order chi connectivity index (χ0) is 11.5. The molecule has 1 aromatic carbocycles. The summed E-state index contributed by atoms with van der Waals surface area (Å²) in [6.07, 6.45) is 0. The molecule has 0 amide bonds. The maximum absolute atomic E-state index is 13.1. The highest BCUT2D eigenvalue weighted by Crippen LogP contribution is 2.13. The number of halogens is 1. The molecule has 4 nitrogen and oxygen atoms in total. The van der Waals surface area contributed by atoms with Gasteiger partial charge in [-0.05, 0) is 26.0 Å². The van der Waals surface area contributed by atoms with Gasteiger partial charge in [0.2, 0.25) is 0 Å². The average Bonchev–Trinajstić information content (AvgIpc) is 2.06. The molecule has 0 bridgehead atoms. The molecule has 0 spiro atoms. The summed E-state index contributed by atoms with van der Waals surface area (Å²) in [6, 6.07) is 5.34. The van der Waals surface area contributed by atoms with Gasteiger partial charge in [-0.2, -0.15) is 13.1 Å². The van der Waals surface area contributed by atoms with E-state index in [-0.39, 0.29) is 11.7 Å². The topological polar surface area (TPSA) is 58.2 Å². The lowest BCUT2D eigenvalue weighted by Gasteiger charge is -2.11. The van der Waals surface area contributed by atoms with Gasteiger partial charge in [-0.15, -0.1) is 0 Å². The predicted octanol–water partition coefficient (Wildman–Crippen LogP) is 1.48. The molecule has 6 heteroatoms. The SMILES string of the molecule is CC(C)NS(=O)(=O)Nc1ccccc1F. The van der Waals surface area contributed by atoms with Gasteiger partial charge < -0.3 is 0 Å². The fourth-order valence-corrected chi connectivity index (χ4v) is 2.16. The fraction of sp³-hybridized carbons (Fsp3) is 0.333. The normalized spacial score (nSPS) is 11.7. The van der Waals surface area contributed by atoms with E-state index in [1.165, 1.54) is 18.2 Å². The Morgan fingerprint density at radius 1 is 1.27 bits per heavy atom. The number of nitrogens with one attached hydrogen (secondary N) is 2. The van der Waals surface area contributed by atoms with Gasteiger partial charge in [-0.1, -0.05) is 12.1 Å². The monoisotopic (exact) mass is 232 g/mol. The van der Waals surface area contributed by atoms with E-state index in [0.717, 1.165) is 0 Å². The molecule has 2 N–H and O–H groups in total. The second-order valence-electron chi connectivity index (χ2n) is 3.36. The lowest BCUT2D eigenvalue weighted by atomic mass is 10.3. The number of benzene rings is 1. The van der Waals surface area contributed by atoms with Crippen molar-refractivity contribution in [3.63, 3.8) is 0 Å². The van der Waals surface area contributed by atoms with Crippen molar-refractivity contribution in [1.29, 1.82) is 0 Å². The summed E-state index contributed by atoms with van der Waals surface area (Å²) >= 11 is 0. The molecule has 0 aliphatic heterocycles. The molecule has 0 aromatic heterocycles. The van der Waals surface area contributed by atoms with E-state index in [4.69, 9.17) is 0 Å². The molecule has 0 saturated carbocycles. The van der Waals surface area contributed by atoms with Crippen LogP contribution in [-0.2, 0) is 10.2 Å². The van der Waals surface area contributed by atoms with Crippen molar-refractivity contribution in [2.75, 3.05) is 4.72 Å². The van der Waals surface area contributed by atoms with Crippen molar-refractivity contribution in [2.24, 2.45) is 0 Å². The minimum absolute atomic E-state index is 0.0642. The summed E-state index contributed by atoms with van der Waals surface area (Å²) in [6.45, 7) is 3.36. The molecule has 84 valence electrons. The van der Waals surface area contributed by atoms with E-state index in [1.54, 1.807) is 19.9 Å². The van der Waals surface area contributed by atoms with E-state index >= 15 is 0 Å². The van der Waals surface area contributed by atoms with Crippen molar-refractivity contribution in [2.45, 2.75) is 19.9 Å². The van der Waals surface area contributed by atoms with Gasteiger partial charge in [-0.3, -0.25) is 4.72 Å². The summed E-state index contributed by atoms with van der Waals surface area (Å²) in [5, 5.41) is 0. The zero-order valence-corrected chi connectivity index (χ0v) is 9.31. The molecule has 1 aromatic rings. The van der Waals surface area contributed by atoms with E-state index < -0.39 is 16.0 Å². The van der Waals surface area contributed by atoms with Gasteiger partial charge in [0.05, 0.1) is 5.69 Å². The quantitative estimate of drug-likeness (QED) is 0.826. The van der Waals surface area contributed by atoms with Gasteiger partial charge in [0.1, 0.15) is 5.82 Å². The molecular formula is C9H13FN2O2S. The fourth-order valence-electron chi connectivity index (χ4n) is 1.03. The van der Waals surface area contributed by atoms with E-state index in [9.17, 15) is 12.8 Å². The largest absolute Gasteiger partial charge is 0.299 e. The van der Waals surface area contributed by atoms with Crippen LogP contribution in [0, 0.1) is 5.82 Å². The second kappa shape index (κ2) is 4.59. The van der Waals surface area contributed by atoms with Gasteiger partial charge in [-0.25, -0.2) is 4.39 Å². The zero-order valence-electron chi connectivity index (χ0n) is 8.49. The summed E-state index contributed by atoms with van der Waals surface area (Å²) in [7, 11) is -3.70. The van der Waals surface area contributed by atoms with Crippen LogP contribution in [0.2, 0.25) is 0 Å². The van der Waals surface area contributed by atoms with Gasteiger partial charge in [0.15, 0.2) is 0 Å². The van der Waals surface area contributed by atoms with Crippen LogP contribution in [0.15, 0.2) is 24.3 Å². The number of rotatable bonds is 4. The standard InChI is InChI=1S/C9H13FN2O2S/c1-7(2)11-15(13,14)12-9-6-4-3-5-8(9)10/h3-7,11-12H,1-2H3. The van der Waals surface area contributed by atoms with E-state index in [1.807, 2.05) is 0 Å². The Morgan fingerprint density at radius 2 is 1.87 bits per heavy atom. The van der Waals surface area contributed by atoms with Crippen molar-refractivity contribution >= 4 is 15.9 Å². The molecular weight excluding hydrogens is 219 g/mol. The first-order chi connectivity index (χ1) is 6.91. The van der Waals surface area contributed by atoms with Crippen LogP contribution in [0.3, 0.4) is 0 Å². The Labute approximate surface area is 88.7 Å². The highest BCUT2D eigenvalue weighted by molar-refractivity contribution is 7.90. The molecule has 1 rings (SSSR count). The molecule has 0 heterocycles. The van der Waals surface area contributed by atoms with Crippen LogP contribution < -0.4 is 9.44 Å². The summed E-state index contributed by atoms with van der Waals surface area (Å²) < 4.78 is 40.2. The van der Waals surface area contributed by atoms with Crippen LogP contribution in [0.1, 0.15) is 13.8 Å². The molecule has 0 fully saturated rings. The third kappa shape index (κ3) is 3.85. The van der Waals surface area contributed by atoms with Gasteiger partial charge >= 0.3 is 0 Å². The number of anilines is 1. The van der Waals surface area contributed by atoms with Crippen molar-refractivity contribution < 1.29 is 12.8 Å². The van der Waals surface area contributed by atoms with E-state index in [2.05, 4.69) is 9.44 Å². The predicted molar refractivity (Wildman–Crippen MR) is 57.2 cm³/mol. The summed E-state index contributed by atoms with van der Waals surface area (Å²) in [5.74, 6) is -0.605. The minimum atomic E-state index is -3.70. The lowest BCUT2D eigenvalue weighted by Crippen LogP contribution is -2.35. The van der Waals surface area contributed by atoms with E-state index in [0.29, 0.717) is 0 Å². The Balaban J connectivity index is 2.83. The number of para-hydroxylation sites is 1. The Morgan fingerprint density at radius 3 is 2.40 bits per heavy atom. The Kier molecular flexibility index (Phi) is 3.65. The first-order valence-corrected chi connectivity index (χ1v) is 5.93. The number of hydrogen-bond acceptors (Lipinski definition) is 2. The van der Waals surface area contributed by atoms with Crippen LogP contribution in [0.5, 0.6) is 0 Å². The molecule has 0 radical (unpaired) electrons. The van der Waals surface area contributed by atoms with Gasteiger partial charge in [0, 0.05) is 6.04 Å². The van der Waals surface area contributed by atoms with Gasteiger partial charge in [0.25, 0.3) is 10.2 Å². The molecule has 15 heavy (non-hydrogen) atoms. The average molecular weight is 232 g/mol. The third-order valence-electron chi connectivity index (χ3n) is 1.51. The summed E-state index contributed by atoms with van der Waals surface area (Å²) in [4.78, 5) is 0. The second-order valence-corrected chi connectivity index (χ2v) is 4.80. The minimum Gasteiger partial charge on any atom is -0.268 e. The maximum Gasteiger partial charge on any atom is 0.299 e. The first kappa shape index (κ1) is 11.9. The molecule has 0 atom stereocenters. The maximum atomic E-state index is 13.1.